The number of unbranched alkanes of at least 4 members (excludes halogenated alkanes) is 1. The number of nitrogens with one attached hydrogen (secondary N) is 1. The maximum Gasteiger partial charge on any atom is 0.261 e. The molecule has 2 rings (SSSR count). The van der Waals surface area contributed by atoms with Crippen molar-refractivity contribution in [1.82, 2.24) is 9.97 Å². The number of aromatic nitrogens is 2. The molecule has 110 valence electrons. The van der Waals surface area contributed by atoms with E-state index in [4.69, 9.17) is 5.73 Å². The zero-order valence-corrected chi connectivity index (χ0v) is 13.1. The molecule has 0 aliphatic rings. The number of H-pyrrole nitrogens is 1. The molecule has 4 nitrogen and oxygen atoms in total. The van der Waals surface area contributed by atoms with E-state index in [1.807, 2.05) is 25.2 Å². The number of nitrogens with two attached hydrogens (primary N) is 1. The van der Waals surface area contributed by atoms with Crippen LogP contribution in [0.5, 0.6) is 0 Å². The summed E-state index contributed by atoms with van der Waals surface area (Å²) in [5.41, 5.74) is 7.15. The fourth-order valence-electron chi connectivity index (χ4n) is 2.06. The predicted octanol–water partition coefficient (Wildman–Crippen LogP) is 3.80. The molecular weight excluding hydrogens is 282 g/mol. The van der Waals surface area contributed by atoms with Crippen LogP contribution in [-0.2, 0) is 0 Å². The van der Waals surface area contributed by atoms with Crippen molar-refractivity contribution in [2.75, 3.05) is 5.73 Å². The van der Waals surface area contributed by atoms with Crippen LogP contribution < -0.4 is 11.3 Å². The van der Waals surface area contributed by atoms with Crippen molar-refractivity contribution in [3.8, 4) is 0 Å². The number of allylic oxidation sites excluding steroid dienone is 5. The summed E-state index contributed by atoms with van der Waals surface area (Å²) in [4.78, 5) is 20.3. The fraction of sp³-hybridized carbons (Fsp3) is 0.250. The molecule has 0 spiro atoms. The molecule has 2 heterocycles. The molecule has 2 aromatic rings. The highest BCUT2D eigenvalue weighted by atomic mass is 32.1. The topological polar surface area (TPSA) is 71.8 Å². The molecule has 3 N–H and O–H groups in total. The second kappa shape index (κ2) is 6.54. The number of hydrogen-bond acceptors (Lipinski definition) is 4. The van der Waals surface area contributed by atoms with Gasteiger partial charge in [0.25, 0.3) is 5.56 Å². The van der Waals surface area contributed by atoms with Gasteiger partial charge in [0, 0.05) is 4.88 Å². The van der Waals surface area contributed by atoms with Gasteiger partial charge in [-0.25, -0.2) is 4.98 Å². The molecule has 0 atom stereocenters. The van der Waals surface area contributed by atoms with Crippen LogP contribution >= 0.6 is 11.3 Å². The lowest BCUT2D eigenvalue weighted by Gasteiger charge is -1.97. The van der Waals surface area contributed by atoms with Gasteiger partial charge in [0.2, 0.25) is 5.95 Å². The minimum atomic E-state index is -0.197. The lowest BCUT2D eigenvalue weighted by atomic mass is 10.1. The Morgan fingerprint density at radius 1 is 1.48 bits per heavy atom. The van der Waals surface area contributed by atoms with E-state index in [0.717, 1.165) is 28.9 Å². The van der Waals surface area contributed by atoms with Gasteiger partial charge < -0.3 is 5.73 Å². The maximum absolute atomic E-state index is 12.0. The zero-order chi connectivity index (χ0) is 15.4. The Balaban J connectivity index is 2.34. The van der Waals surface area contributed by atoms with Gasteiger partial charge in [0.15, 0.2) is 0 Å². The molecule has 0 aromatic carbocycles. The monoisotopic (exact) mass is 301 g/mol. The van der Waals surface area contributed by atoms with E-state index >= 15 is 0 Å². The predicted molar refractivity (Wildman–Crippen MR) is 91.6 cm³/mol. The second-order valence-electron chi connectivity index (χ2n) is 4.79. The molecule has 0 aliphatic carbocycles. The largest absolute Gasteiger partial charge is 0.369 e. The van der Waals surface area contributed by atoms with Gasteiger partial charge in [-0.05, 0) is 24.5 Å². The van der Waals surface area contributed by atoms with Crippen LogP contribution in [-0.4, -0.2) is 9.97 Å². The molecule has 0 unspecified atom stereocenters. The van der Waals surface area contributed by atoms with Crippen molar-refractivity contribution in [3.63, 3.8) is 0 Å². The van der Waals surface area contributed by atoms with E-state index in [9.17, 15) is 4.79 Å². The van der Waals surface area contributed by atoms with E-state index in [1.54, 1.807) is 0 Å². The van der Waals surface area contributed by atoms with Crippen LogP contribution in [0.25, 0.3) is 15.8 Å². The maximum atomic E-state index is 12.0. The molecule has 0 bridgehead atoms. The SMILES string of the molecule is C=C(C=CC=CCCC)c1sc2nc(N)[nH]c(=O)c2c1C. The van der Waals surface area contributed by atoms with Gasteiger partial charge in [-0.15, -0.1) is 11.3 Å². The molecule has 0 aliphatic heterocycles. The first-order chi connectivity index (χ1) is 10.0. The highest BCUT2D eigenvalue weighted by Gasteiger charge is 2.14. The highest BCUT2D eigenvalue weighted by Crippen LogP contribution is 2.32. The van der Waals surface area contributed by atoms with Crippen molar-refractivity contribution in [3.05, 3.63) is 51.7 Å². The zero-order valence-electron chi connectivity index (χ0n) is 12.3. The summed E-state index contributed by atoms with van der Waals surface area (Å²) in [6, 6.07) is 0. The van der Waals surface area contributed by atoms with Gasteiger partial charge in [-0.2, -0.15) is 0 Å². The normalized spacial score (nSPS) is 11.9. The van der Waals surface area contributed by atoms with Gasteiger partial charge in [-0.1, -0.05) is 44.2 Å². The lowest BCUT2D eigenvalue weighted by molar-refractivity contribution is 0.959. The first-order valence-corrected chi connectivity index (χ1v) is 7.67. The third-order valence-electron chi connectivity index (χ3n) is 3.11. The van der Waals surface area contributed by atoms with Gasteiger partial charge in [-0.3, -0.25) is 9.78 Å². The minimum Gasteiger partial charge on any atom is -0.369 e. The number of nitrogens with zero attached hydrogens (tertiary/aromatic N) is 1. The standard InChI is InChI=1S/C16H19N3OS/c1-4-5-6-7-8-9-10(2)13-11(3)12-14(20)18-16(17)19-15(12)21-13/h6-9H,2,4-5H2,1,3H3,(H3,17,18,19,20). The van der Waals surface area contributed by atoms with E-state index in [1.165, 1.54) is 11.3 Å². The van der Waals surface area contributed by atoms with Gasteiger partial charge in [0.1, 0.15) is 4.83 Å². The van der Waals surface area contributed by atoms with Gasteiger partial charge >= 0.3 is 0 Å². The molecule has 0 saturated carbocycles. The highest BCUT2D eigenvalue weighted by molar-refractivity contribution is 7.19. The third-order valence-corrected chi connectivity index (χ3v) is 4.37. The molecule has 0 saturated heterocycles. The summed E-state index contributed by atoms with van der Waals surface area (Å²) in [6.07, 6.45) is 10.2. The number of anilines is 1. The van der Waals surface area contributed by atoms with E-state index in [2.05, 4.69) is 29.5 Å². The summed E-state index contributed by atoms with van der Waals surface area (Å²) in [5.74, 6) is 0.143. The van der Waals surface area contributed by atoms with Crippen LogP contribution in [0.3, 0.4) is 0 Å². The van der Waals surface area contributed by atoms with Crippen molar-refractivity contribution in [2.45, 2.75) is 26.7 Å². The number of rotatable bonds is 5. The van der Waals surface area contributed by atoms with E-state index in [0.29, 0.717) is 10.2 Å². The number of nitrogen functional groups attached to an aromatic ring is 1. The summed E-state index contributed by atoms with van der Waals surface area (Å²) in [6.45, 7) is 8.12. The van der Waals surface area contributed by atoms with Crippen LogP contribution in [0.4, 0.5) is 5.95 Å². The van der Waals surface area contributed by atoms with E-state index < -0.39 is 0 Å². The quantitative estimate of drug-likeness (QED) is 0.825. The molecular formula is C16H19N3OS. The summed E-state index contributed by atoms with van der Waals surface area (Å²) in [7, 11) is 0. The number of aryl methyl sites for hydroxylation is 1. The van der Waals surface area contributed by atoms with Crippen LogP contribution in [0.2, 0.25) is 0 Å². The Bertz CT molecular complexity index is 781. The van der Waals surface area contributed by atoms with Crippen molar-refractivity contribution in [1.29, 1.82) is 0 Å². The molecule has 2 aromatic heterocycles. The second-order valence-corrected chi connectivity index (χ2v) is 5.79. The molecule has 0 radical (unpaired) electrons. The number of aromatic amines is 1. The minimum absolute atomic E-state index is 0.143. The smallest absolute Gasteiger partial charge is 0.261 e. The van der Waals surface area contributed by atoms with E-state index in [-0.39, 0.29) is 11.5 Å². The number of hydrogen-bond donors (Lipinski definition) is 2. The van der Waals surface area contributed by atoms with Crippen LogP contribution in [0.15, 0.2) is 35.7 Å². The Morgan fingerprint density at radius 2 is 2.24 bits per heavy atom. The van der Waals surface area contributed by atoms with Crippen molar-refractivity contribution < 1.29 is 0 Å². The number of fused-ring (bicyclic) bond motifs is 1. The fourth-order valence-corrected chi connectivity index (χ4v) is 3.20. The first-order valence-electron chi connectivity index (χ1n) is 6.86. The summed E-state index contributed by atoms with van der Waals surface area (Å²) < 4.78 is 0. The molecule has 0 amide bonds. The van der Waals surface area contributed by atoms with Crippen molar-refractivity contribution >= 4 is 33.1 Å². The first kappa shape index (κ1) is 15.3. The average Bonchev–Trinajstić information content (AvgIpc) is 2.75. The Kier molecular flexibility index (Phi) is 4.75. The van der Waals surface area contributed by atoms with Crippen molar-refractivity contribution in [2.24, 2.45) is 0 Å². The average molecular weight is 301 g/mol. The Morgan fingerprint density at radius 3 is 2.95 bits per heavy atom. The molecule has 0 fully saturated rings. The summed E-state index contributed by atoms with van der Waals surface area (Å²) >= 11 is 1.44. The molecule has 21 heavy (non-hydrogen) atoms. The molecule has 5 heteroatoms. The summed E-state index contributed by atoms with van der Waals surface area (Å²) in [5, 5.41) is 0.597. The lowest BCUT2D eigenvalue weighted by Crippen LogP contribution is -2.10. The Hall–Kier alpha value is -2.14. The third kappa shape index (κ3) is 3.31. The van der Waals surface area contributed by atoms with Crippen LogP contribution in [0, 0.1) is 6.92 Å². The Labute approximate surface area is 127 Å². The van der Waals surface area contributed by atoms with Crippen LogP contribution in [0.1, 0.15) is 30.2 Å². The van der Waals surface area contributed by atoms with Gasteiger partial charge in [0.05, 0.1) is 5.39 Å². The number of thiophene rings is 1.